The van der Waals surface area contributed by atoms with Crippen molar-refractivity contribution in [1.82, 2.24) is 10.1 Å². The lowest BCUT2D eigenvalue weighted by Gasteiger charge is -2.16. The Morgan fingerprint density at radius 2 is 1.96 bits per heavy atom. The van der Waals surface area contributed by atoms with E-state index in [0.29, 0.717) is 18.1 Å². The molecule has 0 spiro atoms. The van der Waals surface area contributed by atoms with Gasteiger partial charge in [0.05, 0.1) is 6.54 Å². The van der Waals surface area contributed by atoms with Gasteiger partial charge < -0.3 is 15.2 Å². The molecule has 1 aromatic heterocycles. The monoisotopic (exact) mass is 344 g/mol. The van der Waals surface area contributed by atoms with Crippen molar-refractivity contribution in [1.29, 1.82) is 0 Å². The Morgan fingerprint density at radius 3 is 2.64 bits per heavy atom. The minimum Gasteiger partial charge on any atom is -0.360 e. The first-order valence-electron chi connectivity index (χ1n) is 8.27. The number of likely N-dealkylation sites (N-methyl/N-ethyl adjacent to an activating group) is 1. The average molecular weight is 344 g/mol. The fraction of sp³-hybridized carbons (Fsp3) is 0.389. The Hall–Kier alpha value is -2.67. The molecule has 0 fully saturated rings. The van der Waals surface area contributed by atoms with Crippen LogP contribution in [0, 0.1) is 6.92 Å². The smallest absolute Gasteiger partial charge is 0.238 e. The molecule has 25 heavy (non-hydrogen) atoms. The van der Waals surface area contributed by atoms with Gasteiger partial charge in [-0.25, -0.2) is 0 Å². The first-order chi connectivity index (χ1) is 12.0. The largest absolute Gasteiger partial charge is 0.360 e. The number of para-hydroxylation sites is 1. The summed E-state index contributed by atoms with van der Waals surface area (Å²) in [5, 5.41) is 9.28. The fourth-order valence-corrected chi connectivity index (χ4v) is 2.39. The summed E-state index contributed by atoms with van der Waals surface area (Å²) in [6.07, 6.45) is 1.12. The molecule has 0 saturated carbocycles. The second kappa shape index (κ2) is 8.98. The summed E-state index contributed by atoms with van der Waals surface area (Å²) in [6, 6.07) is 9.39. The van der Waals surface area contributed by atoms with E-state index in [1.807, 2.05) is 31.2 Å². The second-order valence-electron chi connectivity index (χ2n) is 5.92. The normalized spacial score (nSPS) is 10.7. The molecule has 2 aromatic rings. The molecule has 0 atom stereocenters. The molecule has 0 unspecified atom stereocenters. The van der Waals surface area contributed by atoms with Crippen LogP contribution in [0.5, 0.6) is 0 Å². The number of aromatic nitrogens is 1. The Bertz CT molecular complexity index is 727. The number of benzene rings is 1. The number of carbonyl (C=O) groups excluding carboxylic acids is 2. The summed E-state index contributed by atoms with van der Waals surface area (Å²) in [6.45, 7) is 4.48. The third-order valence-corrected chi connectivity index (χ3v) is 3.70. The van der Waals surface area contributed by atoms with Crippen LogP contribution in [0.3, 0.4) is 0 Å². The Kier molecular flexibility index (Phi) is 6.71. The van der Waals surface area contributed by atoms with Gasteiger partial charge in [-0.2, -0.15) is 0 Å². The topological polar surface area (TPSA) is 87.5 Å². The van der Waals surface area contributed by atoms with Crippen molar-refractivity contribution in [2.45, 2.75) is 26.7 Å². The van der Waals surface area contributed by atoms with Gasteiger partial charge in [0.15, 0.2) is 5.82 Å². The number of carbonyl (C=O) groups is 2. The van der Waals surface area contributed by atoms with E-state index in [4.69, 9.17) is 4.52 Å². The molecule has 0 radical (unpaired) electrons. The van der Waals surface area contributed by atoms with Crippen LogP contribution >= 0.6 is 0 Å². The van der Waals surface area contributed by atoms with Gasteiger partial charge in [-0.15, -0.1) is 0 Å². The molecule has 7 nitrogen and oxygen atoms in total. The van der Waals surface area contributed by atoms with E-state index in [1.165, 1.54) is 0 Å². The standard InChI is InChI=1S/C18H24N4O3/c1-4-14-7-5-6-8-15(14)19-18(24)12-22(3)10-9-17(23)20-16-11-13(2)25-21-16/h5-8,11H,4,9-10,12H2,1-3H3,(H,19,24)(H,20,21,23). The van der Waals surface area contributed by atoms with Gasteiger partial charge in [0.1, 0.15) is 5.76 Å². The number of hydrogen-bond acceptors (Lipinski definition) is 5. The van der Waals surface area contributed by atoms with Crippen molar-refractivity contribution in [3.63, 3.8) is 0 Å². The SMILES string of the molecule is CCc1ccccc1NC(=O)CN(C)CCC(=O)Nc1cc(C)on1. The van der Waals surface area contributed by atoms with Crippen molar-refractivity contribution in [2.24, 2.45) is 0 Å². The second-order valence-corrected chi connectivity index (χ2v) is 5.92. The molecule has 0 aliphatic heterocycles. The van der Waals surface area contributed by atoms with Crippen LogP contribution in [0.4, 0.5) is 11.5 Å². The zero-order valence-corrected chi connectivity index (χ0v) is 14.8. The van der Waals surface area contributed by atoms with Crippen molar-refractivity contribution >= 4 is 23.3 Å². The minimum absolute atomic E-state index is 0.101. The Labute approximate surface area is 147 Å². The molecule has 0 bridgehead atoms. The molecule has 0 aliphatic rings. The van der Waals surface area contributed by atoms with E-state index in [-0.39, 0.29) is 24.8 Å². The van der Waals surface area contributed by atoms with Gasteiger partial charge in [0.25, 0.3) is 0 Å². The maximum absolute atomic E-state index is 12.2. The van der Waals surface area contributed by atoms with Crippen molar-refractivity contribution < 1.29 is 14.1 Å². The molecular formula is C18H24N4O3. The van der Waals surface area contributed by atoms with Gasteiger partial charge >= 0.3 is 0 Å². The number of nitrogens with one attached hydrogen (secondary N) is 2. The maximum Gasteiger partial charge on any atom is 0.238 e. The van der Waals surface area contributed by atoms with Gasteiger partial charge in [-0.05, 0) is 32.0 Å². The van der Waals surface area contributed by atoms with Crippen molar-refractivity contribution in [3.8, 4) is 0 Å². The van der Waals surface area contributed by atoms with Crippen LogP contribution in [0.15, 0.2) is 34.9 Å². The van der Waals surface area contributed by atoms with Gasteiger partial charge in [-0.3, -0.25) is 14.5 Å². The highest BCUT2D eigenvalue weighted by molar-refractivity contribution is 5.93. The van der Waals surface area contributed by atoms with Gasteiger partial charge in [0.2, 0.25) is 11.8 Å². The summed E-state index contributed by atoms with van der Waals surface area (Å²) in [7, 11) is 1.80. The summed E-state index contributed by atoms with van der Waals surface area (Å²) in [5.41, 5.74) is 1.93. The fourth-order valence-electron chi connectivity index (χ4n) is 2.39. The zero-order valence-electron chi connectivity index (χ0n) is 14.8. The Balaban J connectivity index is 1.74. The summed E-state index contributed by atoms with van der Waals surface area (Å²) < 4.78 is 4.89. The number of nitrogens with zero attached hydrogens (tertiary/aromatic N) is 2. The van der Waals surface area contributed by atoms with Crippen LogP contribution in [0.25, 0.3) is 0 Å². The predicted octanol–water partition coefficient (Wildman–Crippen LogP) is 2.44. The van der Waals surface area contributed by atoms with Gasteiger partial charge in [-0.1, -0.05) is 30.3 Å². The molecule has 0 saturated heterocycles. The van der Waals surface area contributed by atoms with E-state index < -0.39 is 0 Å². The van der Waals surface area contributed by atoms with Gasteiger partial charge in [0, 0.05) is 24.7 Å². The molecule has 2 rings (SSSR count). The zero-order chi connectivity index (χ0) is 18.2. The number of hydrogen-bond donors (Lipinski definition) is 2. The molecule has 7 heteroatoms. The molecule has 0 aliphatic carbocycles. The number of rotatable bonds is 8. The molecule has 134 valence electrons. The van der Waals surface area contributed by atoms with Crippen molar-refractivity contribution in [2.75, 3.05) is 30.8 Å². The first kappa shape index (κ1) is 18.7. The predicted molar refractivity (Wildman–Crippen MR) is 96.4 cm³/mol. The number of amides is 2. The number of anilines is 2. The lowest BCUT2D eigenvalue weighted by molar-refractivity contribution is -0.119. The van der Waals surface area contributed by atoms with Crippen LogP contribution in [-0.2, 0) is 16.0 Å². The first-order valence-corrected chi connectivity index (χ1v) is 8.27. The third-order valence-electron chi connectivity index (χ3n) is 3.70. The molecule has 1 heterocycles. The Morgan fingerprint density at radius 1 is 1.20 bits per heavy atom. The van der Waals surface area contributed by atoms with E-state index in [9.17, 15) is 9.59 Å². The van der Waals surface area contributed by atoms with E-state index in [2.05, 4.69) is 15.8 Å². The molecule has 1 aromatic carbocycles. The van der Waals surface area contributed by atoms with Crippen molar-refractivity contribution in [3.05, 3.63) is 41.7 Å². The quantitative estimate of drug-likeness (QED) is 0.768. The maximum atomic E-state index is 12.2. The van der Waals surface area contributed by atoms with E-state index in [1.54, 1.807) is 24.9 Å². The minimum atomic E-state index is -0.170. The lowest BCUT2D eigenvalue weighted by Crippen LogP contribution is -2.32. The highest BCUT2D eigenvalue weighted by Crippen LogP contribution is 2.15. The van der Waals surface area contributed by atoms with Crippen LogP contribution in [0.2, 0.25) is 0 Å². The van der Waals surface area contributed by atoms with Crippen LogP contribution in [0.1, 0.15) is 24.7 Å². The summed E-state index contributed by atoms with van der Waals surface area (Å²) in [4.78, 5) is 25.8. The molecular weight excluding hydrogens is 320 g/mol. The number of aryl methyl sites for hydroxylation is 2. The summed E-state index contributed by atoms with van der Waals surface area (Å²) in [5.74, 6) is 0.767. The van der Waals surface area contributed by atoms with E-state index >= 15 is 0 Å². The van der Waals surface area contributed by atoms with E-state index in [0.717, 1.165) is 17.7 Å². The van der Waals surface area contributed by atoms with Crippen LogP contribution in [-0.4, -0.2) is 42.0 Å². The summed E-state index contributed by atoms with van der Waals surface area (Å²) >= 11 is 0. The lowest BCUT2D eigenvalue weighted by atomic mass is 10.1. The molecule has 2 N–H and O–H groups in total. The third kappa shape index (κ3) is 6.04. The van der Waals surface area contributed by atoms with Crippen LogP contribution < -0.4 is 10.6 Å². The average Bonchev–Trinajstić information content (AvgIpc) is 2.98. The highest BCUT2D eigenvalue weighted by Gasteiger charge is 2.11. The molecule has 2 amide bonds. The highest BCUT2D eigenvalue weighted by atomic mass is 16.5.